The van der Waals surface area contributed by atoms with Crippen LogP contribution in [0.1, 0.15) is 23.3 Å². The van der Waals surface area contributed by atoms with Crippen LogP contribution in [0.4, 0.5) is 11.4 Å². The molecular formula is C14H10N6O. The maximum Gasteiger partial charge on any atom is 0.114 e. The number of hydrogen-bond acceptors (Lipinski definition) is 3. The van der Waals surface area contributed by atoms with E-state index < -0.39 is 0 Å². The quantitative estimate of drug-likeness (QED) is 0.318. The van der Waals surface area contributed by atoms with E-state index in [0.717, 1.165) is 11.1 Å². The molecule has 21 heavy (non-hydrogen) atoms. The lowest BCUT2D eigenvalue weighted by Crippen LogP contribution is -1.85. The molecule has 1 saturated heterocycles. The molecule has 1 fully saturated rings. The SMILES string of the molecule is [N-]=[N+]=Nc1ccccc1[C@H]1O[C@@H]1c1ccccc1N=[N+]=[N-]. The summed E-state index contributed by atoms with van der Waals surface area (Å²) in [6, 6.07) is 14.6. The highest BCUT2D eigenvalue weighted by Crippen LogP contribution is 2.55. The van der Waals surface area contributed by atoms with Crippen LogP contribution in [0.25, 0.3) is 20.9 Å². The summed E-state index contributed by atoms with van der Waals surface area (Å²) in [6.07, 6.45) is -0.386. The summed E-state index contributed by atoms with van der Waals surface area (Å²) in [5.74, 6) is 0. The van der Waals surface area contributed by atoms with Crippen molar-refractivity contribution >= 4 is 11.4 Å². The average Bonchev–Trinajstić information content (AvgIpc) is 3.29. The summed E-state index contributed by atoms with van der Waals surface area (Å²) in [5, 5.41) is 7.35. The van der Waals surface area contributed by atoms with Crippen molar-refractivity contribution in [3.8, 4) is 0 Å². The Morgan fingerprint density at radius 1 is 0.762 bits per heavy atom. The smallest absolute Gasteiger partial charge is 0.114 e. The van der Waals surface area contributed by atoms with Crippen LogP contribution in [0, 0.1) is 0 Å². The van der Waals surface area contributed by atoms with Crippen LogP contribution in [-0.4, -0.2) is 0 Å². The predicted molar refractivity (Wildman–Crippen MR) is 77.1 cm³/mol. The van der Waals surface area contributed by atoms with E-state index >= 15 is 0 Å². The fourth-order valence-corrected chi connectivity index (χ4v) is 2.32. The molecule has 1 aliphatic rings. The van der Waals surface area contributed by atoms with Gasteiger partial charge in [0.25, 0.3) is 0 Å². The van der Waals surface area contributed by atoms with Crippen LogP contribution in [0.15, 0.2) is 58.8 Å². The number of ether oxygens (including phenoxy) is 1. The molecule has 0 saturated carbocycles. The Morgan fingerprint density at radius 2 is 1.19 bits per heavy atom. The van der Waals surface area contributed by atoms with E-state index in [2.05, 4.69) is 20.1 Å². The molecular weight excluding hydrogens is 268 g/mol. The lowest BCUT2D eigenvalue weighted by Gasteiger charge is -2.03. The number of benzene rings is 2. The maximum atomic E-state index is 8.61. The van der Waals surface area contributed by atoms with E-state index in [1.165, 1.54) is 0 Å². The third-order valence-corrected chi connectivity index (χ3v) is 3.28. The van der Waals surface area contributed by atoms with Gasteiger partial charge in [0, 0.05) is 21.2 Å². The Hall–Kier alpha value is -2.98. The monoisotopic (exact) mass is 278 g/mol. The number of hydrogen-bond donors (Lipinski definition) is 0. The molecule has 2 atom stereocenters. The molecule has 0 unspecified atom stereocenters. The molecule has 0 N–H and O–H groups in total. The molecule has 0 amide bonds. The normalized spacial score (nSPS) is 19.2. The molecule has 1 heterocycles. The highest BCUT2D eigenvalue weighted by atomic mass is 16.6. The fourth-order valence-electron chi connectivity index (χ4n) is 2.32. The van der Waals surface area contributed by atoms with E-state index in [1.807, 2.05) is 24.3 Å². The van der Waals surface area contributed by atoms with Crippen molar-refractivity contribution in [2.45, 2.75) is 12.2 Å². The molecule has 2 aromatic carbocycles. The third-order valence-electron chi connectivity index (χ3n) is 3.28. The van der Waals surface area contributed by atoms with Crippen LogP contribution in [0.3, 0.4) is 0 Å². The Balaban J connectivity index is 1.94. The zero-order chi connectivity index (χ0) is 14.7. The van der Waals surface area contributed by atoms with Crippen molar-refractivity contribution in [3.63, 3.8) is 0 Å². The van der Waals surface area contributed by atoms with E-state index in [0.29, 0.717) is 11.4 Å². The summed E-state index contributed by atoms with van der Waals surface area (Å²) in [5.41, 5.74) is 20.0. The van der Waals surface area contributed by atoms with Gasteiger partial charge in [0.15, 0.2) is 0 Å². The second-order valence-electron chi connectivity index (χ2n) is 4.47. The number of azide groups is 2. The van der Waals surface area contributed by atoms with Crippen molar-refractivity contribution in [1.82, 2.24) is 0 Å². The zero-order valence-corrected chi connectivity index (χ0v) is 10.9. The standard InChI is InChI=1S/C14H10N6O/c15-19-17-11-7-3-1-5-9(11)13-14(21-13)10-6-2-4-8-12(10)18-20-16/h1-8,13-14H/t13-,14-/m1/s1. The molecule has 0 aliphatic carbocycles. The van der Waals surface area contributed by atoms with E-state index in [1.54, 1.807) is 24.3 Å². The second-order valence-corrected chi connectivity index (χ2v) is 4.47. The van der Waals surface area contributed by atoms with Crippen LogP contribution in [-0.2, 0) is 4.74 Å². The van der Waals surface area contributed by atoms with Gasteiger partial charge in [0.05, 0.1) is 0 Å². The first-order valence-electron chi connectivity index (χ1n) is 6.28. The van der Waals surface area contributed by atoms with Crippen LogP contribution in [0.5, 0.6) is 0 Å². The van der Waals surface area contributed by atoms with Gasteiger partial charge in [0.1, 0.15) is 12.2 Å². The highest BCUT2D eigenvalue weighted by Gasteiger charge is 2.43. The molecule has 7 heteroatoms. The molecule has 0 spiro atoms. The Bertz CT molecular complexity index is 711. The number of nitrogens with zero attached hydrogens (tertiary/aromatic N) is 6. The van der Waals surface area contributed by atoms with Gasteiger partial charge in [-0.3, -0.25) is 0 Å². The molecule has 2 aromatic rings. The molecule has 0 radical (unpaired) electrons. The minimum Gasteiger partial charge on any atom is -0.359 e. The number of rotatable bonds is 4. The van der Waals surface area contributed by atoms with Gasteiger partial charge < -0.3 is 4.74 Å². The second kappa shape index (κ2) is 5.56. The first-order valence-corrected chi connectivity index (χ1v) is 6.28. The minimum atomic E-state index is -0.193. The molecule has 102 valence electrons. The molecule has 3 rings (SSSR count). The topological polar surface area (TPSA) is 110 Å². The van der Waals surface area contributed by atoms with Gasteiger partial charge >= 0.3 is 0 Å². The number of epoxide rings is 1. The lowest BCUT2D eigenvalue weighted by atomic mass is 10.0. The Labute approximate surface area is 120 Å². The van der Waals surface area contributed by atoms with Gasteiger partial charge in [-0.1, -0.05) is 58.8 Å². The maximum absolute atomic E-state index is 8.61. The van der Waals surface area contributed by atoms with Crippen molar-refractivity contribution in [2.24, 2.45) is 10.2 Å². The first-order chi connectivity index (χ1) is 10.3. The largest absolute Gasteiger partial charge is 0.359 e. The van der Waals surface area contributed by atoms with Crippen molar-refractivity contribution < 1.29 is 4.74 Å². The van der Waals surface area contributed by atoms with Crippen LogP contribution < -0.4 is 0 Å². The predicted octanol–water partition coefficient (Wildman–Crippen LogP) is 5.38. The van der Waals surface area contributed by atoms with Gasteiger partial charge in [-0.2, -0.15) is 0 Å². The van der Waals surface area contributed by atoms with Crippen LogP contribution in [0.2, 0.25) is 0 Å². The van der Waals surface area contributed by atoms with E-state index in [9.17, 15) is 0 Å². The molecule has 7 nitrogen and oxygen atoms in total. The summed E-state index contributed by atoms with van der Waals surface area (Å²) < 4.78 is 5.70. The molecule has 1 aliphatic heterocycles. The average molecular weight is 278 g/mol. The minimum absolute atomic E-state index is 0.193. The van der Waals surface area contributed by atoms with Crippen LogP contribution >= 0.6 is 0 Å². The van der Waals surface area contributed by atoms with Crippen molar-refractivity contribution in [1.29, 1.82) is 0 Å². The summed E-state index contributed by atoms with van der Waals surface area (Å²) >= 11 is 0. The molecule has 0 bridgehead atoms. The summed E-state index contributed by atoms with van der Waals surface area (Å²) in [7, 11) is 0. The summed E-state index contributed by atoms with van der Waals surface area (Å²) in [6.45, 7) is 0. The van der Waals surface area contributed by atoms with E-state index in [-0.39, 0.29) is 12.2 Å². The van der Waals surface area contributed by atoms with Gasteiger partial charge in [0.2, 0.25) is 0 Å². The Kier molecular flexibility index (Phi) is 3.45. The summed E-state index contributed by atoms with van der Waals surface area (Å²) in [4.78, 5) is 5.65. The Morgan fingerprint density at radius 3 is 1.62 bits per heavy atom. The van der Waals surface area contributed by atoms with Gasteiger partial charge in [-0.15, -0.1) is 0 Å². The van der Waals surface area contributed by atoms with Crippen molar-refractivity contribution in [2.75, 3.05) is 0 Å². The fraction of sp³-hybridized carbons (Fsp3) is 0.143. The highest BCUT2D eigenvalue weighted by molar-refractivity contribution is 5.53. The van der Waals surface area contributed by atoms with E-state index in [4.69, 9.17) is 15.8 Å². The lowest BCUT2D eigenvalue weighted by molar-refractivity contribution is 0.378. The zero-order valence-electron chi connectivity index (χ0n) is 10.9. The first kappa shape index (κ1) is 13.0. The molecule has 0 aromatic heterocycles. The van der Waals surface area contributed by atoms with Gasteiger partial charge in [-0.25, -0.2) is 0 Å². The van der Waals surface area contributed by atoms with Crippen molar-refractivity contribution in [3.05, 3.63) is 80.5 Å². The third kappa shape index (κ3) is 2.52. The van der Waals surface area contributed by atoms with Gasteiger partial charge in [-0.05, 0) is 22.2 Å².